The molecule has 17 heavy (non-hydrogen) atoms. The predicted molar refractivity (Wildman–Crippen MR) is 66.2 cm³/mol. The summed E-state index contributed by atoms with van der Waals surface area (Å²) in [6.45, 7) is 3.12. The minimum absolute atomic E-state index is 0.103. The minimum Gasteiger partial charge on any atom is -0.382 e. The molecule has 94 valence electrons. The van der Waals surface area contributed by atoms with Gasteiger partial charge in [0, 0.05) is 19.3 Å². The zero-order valence-electron chi connectivity index (χ0n) is 9.43. The highest BCUT2D eigenvalue weighted by Crippen LogP contribution is 2.26. The zero-order chi connectivity index (χ0) is 12.6. The van der Waals surface area contributed by atoms with Gasteiger partial charge in [0.05, 0.1) is 5.02 Å². The van der Waals surface area contributed by atoms with Crippen molar-refractivity contribution in [3.8, 4) is 0 Å². The summed E-state index contributed by atoms with van der Waals surface area (Å²) in [6, 6.07) is 1.35. The van der Waals surface area contributed by atoms with Crippen LogP contribution in [0.25, 0.3) is 0 Å². The molecular formula is C10H14ClN3O2S. The van der Waals surface area contributed by atoms with Crippen LogP contribution in [0.4, 0.5) is 5.82 Å². The summed E-state index contributed by atoms with van der Waals surface area (Å²) in [5.74, 6) is 0.530. The Labute approximate surface area is 106 Å². The Morgan fingerprint density at radius 3 is 2.82 bits per heavy atom. The van der Waals surface area contributed by atoms with Crippen molar-refractivity contribution >= 4 is 27.4 Å². The SMILES string of the molecule is CC1CCN(S(=O)(=O)c2cnc(N)c(Cl)c2)C1. The smallest absolute Gasteiger partial charge is 0.244 e. The third kappa shape index (κ3) is 2.38. The van der Waals surface area contributed by atoms with E-state index in [4.69, 9.17) is 17.3 Å². The summed E-state index contributed by atoms with van der Waals surface area (Å²) in [5, 5.41) is 0.165. The molecule has 1 atom stereocenters. The van der Waals surface area contributed by atoms with E-state index in [1.165, 1.54) is 16.6 Å². The van der Waals surface area contributed by atoms with E-state index in [9.17, 15) is 8.42 Å². The largest absolute Gasteiger partial charge is 0.382 e. The average molecular weight is 276 g/mol. The molecule has 2 rings (SSSR count). The third-order valence-electron chi connectivity index (χ3n) is 2.87. The van der Waals surface area contributed by atoms with Crippen molar-refractivity contribution in [1.82, 2.24) is 9.29 Å². The van der Waals surface area contributed by atoms with E-state index in [1.54, 1.807) is 0 Å². The van der Waals surface area contributed by atoms with Gasteiger partial charge >= 0.3 is 0 Å². The fourth-order valence-electron chi connectivity index (χ4n) is 1.83. The summed E-state index contributed by atoms with van der Waals surface area (Å²) in [5.41, 5.74) is 5.46. The van der Waals surface area contributed by atoms with Gasteiger partial charge in [0.2, 0.25) is 10.0 Å². The Bertz CT molecular complexity index is 532. The van der Waals surface area contributed by atoms with Crippen molar-refractivity contribution in [3.05, 3.63) is 17.3 Å². The van der Waals surface area contributed by atoms with E-state index < -0.39 is 10.0 Å². The average Bonchev–Trinajstić information content (AvgIpc) is 2.69. The van der Waals surface area contributed by atoms with Crippen LogP contribution in [-0.4, -0.2) is 30.8 Å². The fourth-order valence-corrected chi connectivity index (χ4v) is 3.61. The van der Waals surface area contributed by atoms with Crippen LogP contribution in [0.3, 0.4) is 0 Å². The third-order valence-corrected chi connectivity index (χ3v) is 5.00. The molecule has 1 saturated heterocycles. The van der Waals surface area contributed by atoms with E-state index in [0.29, 0.717) is 19.0 Å². The van der Waals surface area contributed by atoms with Crippen molar-refractivity contribution in [2.75, 3.05) is 18.8 Å². The Balaban J connectivity index is 2.35. The van der Waals surface area contributed by atoms with Gasteiger partial charge in [-0.1, -0.05) is 18.5 Å². The lowest BCUT2D eigenvalue weighted by Gasteiger charge is -2.16. The van der Waals surface area contributed by atoms with E-state index in [1.807, 2.05) is 6.92 Å². The van der Waals surface area contributed by atoms with Crippen LogP contribution in [-0.2, 0) is 10.0 Å². The lowest BCUT2D eigenvalue weighted by molar-refractivity contribution is 0.464. The van der Waals surface area contributed by atoms with Crippen molar-refractivity contribution in [3.63, 3.8) is 0 Å². The number of rotatable bonds is 2. The number of halogens is 1. The number of pyridine rings is 1. The summed E-state index contributed by atoms with van der Waals surface area (Å²) in [7, 11) is -3.48. The Morgan fingerprint density at radius 2 is 2.29 bits per heavy atom. The number of nitrogens with zero attached hydrogens (tertiary/aromatic N) is 2. The maximum Gasteiger partial charge on any atom is 0.244 e. The molecule has 2 heterocycles. The van der Waals surface area contributed by atoms with Crippen LogP contribution < -0.4 is 5.73 Å². The lowest BCUT2D eigenvalue weighted by atomic mass is 10.2. The van der Waals surface area contributed by atoms with Gasteiger partial charge in [-0.2, -0.15) is 4.31 Å². The van der Waals surface area contributed by atoms with Gasteiger partial charge in [-0.3, -0.25) is 0 Å². The second kappa shape index (κ2) is 4.44. The van der Waals surface area contributed by atoms with Crippen molar-refractivity contribution < 1.29 is 8.42 Å². The Kier molecular flexibility index (Phi) is 3.29. The minimum atomic E-state index is -3.48. The van der Waals surface area contributed by atoms with Gasteiger partial charge in [0.1, 0.15) is 10.7 Å². The standard InChI is InChI=1S/C10H14ClN3O2S/c1-7-2-3-14(6-7)17(15,16)8-4-9(11)10(12)13-5-8/h4-5,7H,2-3,6H2,1H3,(H2,12,13). The number of aromatic nitrogens is 1. The fraction of sp³-hybridized carbons (Fsp3) is 0.500. The molecule has 1 aromatic heterocycles. The van der Waals surface area contributed by atoms with E-state index in [-0.39, 0.29) is 15.7 Å². The molecule has 0 radical (unpaired) electrons. The molecule has 1 aromatic rings. The summed E-state index contributed by atoms with van der Waals surface area (Å²) < 4.78 is 25.9. The second-order valence-electron chi connectivity index (χ2n) is 4.29. The summed E-state index contributed by atoms with van der Waals surface area (Å²) >= 11 is 5.78. The van der Waals surface area contributed by atoms with Gasteiger partial charge < -0.3 is 5.73 Å². The van der Waals surface area contributed by atoms with E-state index >= 15 is 0 Å². The molecule has 5 nitrogen and oxygen atoms in total. The molecule has 0 amide bonds. The van der Waals surface area contributed by atoms with Crippen molar-refractivity contribution in [1.29, 1.82) is 0 Å². The van der Waals surface area contributed by atoms with Gasteiger partial charge in [0.15, 0.2) is 0 Å². The number of nitrogens with two attached hydrogens (primary N) is 1. The normalized spacial score (nSPS) is 21.9. The molecule has 0 aliphatic carbocycles. The predicted octanol–water partition coefficient (Wildman–Crippen LogP) is 1.35. The number of nitrogen functional groups attached to an aromatic ring is 1. The molecule has 1 unspecified atom stereocenters. The first-order chi connectivity index (χ1) is 7.91. The second-order valence-corrected chi connectivity index (χ2v) is 6.64. The van der Waals surface area contributed by atoms with E-state index in [2.05, 4.69) is 4.98 Å². The lowest BCUT2D eigenvalue weighted by Crippen LogP contribution is -2.28. The topological polar surface area (TPSA) is 76.3 Å². The van der Waals surface area contributed by atoms with Crippen LogP contribution >= 0.6 is 11.6 Å². The Hall–Kier alpha value is -0.850. The van der Waals surface area contributed by atoms with Crippen LogP contribution in [0.1, 0.15) is 13.3 Å². The molecule has 0 saturated carbocycles. The highest BCUT2D eigenvalue weighted by Gasteiger charge is 2.31. The number of hydrogen-bond donors (Lipinski definition) is 1. The van der Waals surface area contributed by atoms with Crippen LogP contribution in [0.15, 0.2) is 17.2 Å². The van der Waals surface area contributed by atoms with Crippen LogP contribution in [0.5, 0.6) is 0 Å². The Morgan fingerprint density at radius 1 is 1.59 bits per heavy atom. The van der Waals surface area contributed by atoms with Gasteiger partial charge in [0.25, 0.3) is 0 Å². The quantitative estimate of drug-likeness (QED) is 0.884. The van der Waals surface area contributed by atoms with Crippen LogP contribution in [0, 0.1) is 5.92 Å². The van der Waals surface area contributed by atoms with Crippen molar-refractivity contribution in [2.24, 2.45) is 5.92 Å². The molecule has 7 heteroatoms. The number of sulfonamides is 1. The summed E-state index contributed by atoms with van der Waals surface area (Å²) in [6.07, 6.45) is 2.13. The molecule has 1 aliphatic rings. The molecule has 1 fully saturated rings. The molecule has 0 spiro atoms. The maximum atomic E-state index is 12.2. The van der Waals surface area contributed by atoms with Gasteiger partial charge in [-0.05, 0) is 18.4 Å². The first-order valence-corrected chi connectivity index (χ1v) is 7.14. The summed E-state index contributed by atoms with van der Waals surface area (Å²) in [4.78, 5) is 3.88. The molecule has 0 aromatic carbocycles. The first-order valence-electron chi connectivity index (χ1n) is 5.32. The zero-order valence-corrected chi connectivity index (χ0v) is 11.0. The first kappa shape index (κ1) is 12.6. The molecule has 0 bridgehead atoms. The molecule has 1 aliphatic heterocycles. The van der Waals surface area contributed by atoms with Crippen molar-refractivity contribution in [2.45, 2.75) is 18.2 Å². The highest BCUT2D eigenvalue weighted by atomic mass is 35.5. The van der Waals surface area contributed by atoms with E-state index in [0.717, 1.165) is 6.42 Å². The monoisotopic (exact) mass is 275 g/mol. The highest BCUT2D eigenvalue weighted by molar-refractivity contribution is 7.89. The van der Waals surface area contributed by atoms with Gasteiger partial charge in [-0.15, -0.1) is 0 Å². The van der Waals surface area contributed by atoms with Crippen LogP contribution in [0.2, 0.25) is 5.02 Å². The molecular weight excluding hydrogens is 262 g/mol. The molecule has 2 N–H and O–H groups in total. The maximum absolute atomic E-state index is 12.2. The number of hydrogen-bond acceptors (Lipinski definition) is 4. The number of anilines is 1. The van der Waals surface area contributed by atoms with Gasteiger partial charge in [-0.25, -0.2) is 13.4 Å².